The lowest BCUT2D eigenvalue weighted by molar-refractivity contribution is -0.118. The molecule has 1 amide bonds. The standard InChI is InChI=1S/C19H23NO3S/c1-14(2)23-17-10-9-15(11-18(17)22-3)12-20-19(21)13-24-16-7-5-4-6-8-16/h4-11,14H,12-13H2,1-3H3,(H,20,21). The largest absolute Gasteiger partial charge is 0.493 e. The molecule has 2 aromatic rings. The van der Waals surface area contributed by atoms with Crippen molar-refractivity contribution in [3.05, 3.63) is 54.1 Å². The molecule has 0 aliphatic rings. The van der Waals surface area contributed by atoms with Crippen LogP contribution >= 0.6 is 11.8 Å². The van der Waals surface area contributed by atoms with Crippen molar-refractivity contribution in [3.8, 4) is 11.5 Å². The van der Waals surface area contributed by atoms with Gasteiger partial charge in [-0.05, 0) is 43.7 Å². The zero-order chi connectivity index (χ0) is 17.4. The first-order valence-corrected chi connectivity index (χ1v) is 8.85. The lowest BCUT2D eigenvalue weighted by Crippen LogP contribution is -2.24. The van der Waals surface area contributed by atoms with Crippen LogP contribution in [0.5, 0.6) is 11.5 Å². The number of carbonyl (C=O) groups excluding carboxylic acids is 1. The third-order valence-electron chi connectivity index (χ3n) is 3.19. The Morgan fingerprint density at radius 3 is 2.54 bits per heavy atom. The number of rotatable bonds is 8. The van der Waals surface area contributed by atoms with Crippen molar-refractivity contribution in [2.24, 2.45) is 0 Å². The second-order valence-electron chi connectivity index (χ2n) is 5.53. The Bertz CT molecular complexity index is 659. The molecule has 0 spiro atoms. The Morgan fingerprint density at radius 1 is 1.12 bits per heavy atom. The summed E-state index contributed by atoms with van der Waals surface area (Å²) in [5, 5.41) is 2.92. The highest BCUT2D eigenvalue weighted by Crippen LogP contribution is 2.29. The lowest BCUT2D eigenvalue weighted by Gasteiger charge is -2.14. The molecule has 1 N–H and O–H groups in total. The molecule has 24 heavy (non-hydrogen) atoms. The van der Waals surface area contributed by atoms with Gasteiger partial charge < -0.3 is 14.8 Å². The van der Waals surface area contributed by atoms with Gasteiger partial charge in [-0.2, -0.15) is 0 Å². The summed E-state index contributed by atoms with van der Waals surface area (Å²) in [7, 11) is 1.61. The quantitative estimate of drug-likeness (QED) is 0.737. The number of methoxy groups -OCH3 is 1. The number of thioether (sulfide) groups is 1. The van der Waals surface area contributed by atoms with Gasteiger partial charge in [-0.25, -0.2) is 0 Å². The van der Waals surface area contributed by atoms with E-state index in [0.29, 0.717) is 23.8 Å². The Labute approximate surface area is 147 Å². The van der Waals surface area contributed by atoms with Crippen LogP contribution in [0.15, 0.2) is 53.4 Å². The predicted molar refractivity (Wildman–Crippen MR) is 97.8 cm³/mol. The summed E-state index contributed by atoms with van der Waals surface area (Å²) in [6, 6.07) is 15.6. The average molecular weight is 345 g/mol. The molecule has 0 aliphatic carbocycles. The summed E-state index contributed by atoms with van der Waals surface area (Å²) < 4.78 is 11.0. The molecule has 0 aromatic heterocycles. The van der Waals surface area contributed by atoms with Gasteiger partial charge in [0.15, 0.2) is 11.5 Å². The fourth-order valence-corrected chi connectivity index (χ4v) is 2.84. The van der Waals surface area contributed by atoms with Gasteiger partial charge in [0, 0.05) is 11.4 Å². The molecular formula is C19H23NO3S. The van der Waals surface area contributed by atoms with Gasteiger partial charge in [-0.3, -0.25) is 4.79 Å². The summed E-state index contributed by atoms with van der Waals surface area (Å²) in [6.07, 6.45) is 0.0828. The molecule has 0 saturated heterocycles. The van der Waals surface area contributed by atoms with Crippen LogP contribution in [0.25, 0.3) is 0 Å². The number of carbonyl (C=O) groups is 1. The average Bonchev–Trinajstić information content (AvgIpc) is 2.59. The molecule has 0 radical (unpaired) electrons. The van der Waals surface area contributed by atoms with Crippen LogP contribution in [0, 0.1) is 0 Å². The molecule has 0 saturated carbocycles. The highest BCUT2D eigenvalue weighted by atomic mass is 32.2. The maximum absolute atomic E-state index is 12.0. The normalized spacial score (nSPS) is 10.5. The van der Waals surface area contributed by atoms with E-state index in [-0.39, 0.29) is 12.0 Å². The van der Waals surface area contributed by atoms with Crippen LogP contribution in [-0.2, 0) is 11.3 Å². The molecule has 0 atom stereocenters. The first kappa shape index (κ1) is 18.2. The Morgan fingerprint density at radius 2 is 1.88 bits per heavy atom. The third-order valence-corrected chi connectivity index (χ3v) is 4.21. The van der Waals surface area contributed by atoms with Crippen LogP contribution < -0.4 is 14.8 Å². The topological polar surface area (TPSA) is 47.6 Å². The Kier molecular flexibility index (Phi) is 7.00. The van der Waals surface area contributed by atoms with Crippen molar-refractivity contribution < 1.29 is 14.3 Å². The highest BCUT2D eigenvalue weighted by Gasteiger charge is 2.08. The molecule has 0 bridgehead atoms. The van der Waals surface area contributed by atoms with Gasteiger partial charge in [-0.15, -0.1) is 11.8 Å². The lowest BCUT2D eigenvalue weighted by atomic mass is 10.2. The fourth-order valence-electron chi connectivity index (χ4n) is 2.09. The van der Waals surface area contributed by atoms with Crippen molar-refractivity contribution in [2.45, 2.75) is 31.4 Å². The molecule has 0 fully saturated rings. The molecule has 2 aromatic carbocycles. The maximum atomic E-state index is 12.0. The monoisotopic (exact) mass is 345 g/mol. The van der Waals surface area contributed by atoms with E-state index in [1.165, 1.54) is 11.8 Å². The van der Waals surface area contributed by atoms with E-state index in [2.05, 4.69) is 5.32 Å². The molecule has 128 valence electrons. The predicted octanol–water partition coefficient (Wildman–Crippen LogP) is 3.89. The van der Waals surface area contributed by atoms with Crippen LogP contribution in [-0.4, -0.2) is 24.9 Å². The highest BCUT2D eigenvalue weighted by molar-refractivity contribution is 8.00. The van der Waals surface area contributed by atoms with Gasteiger partial charge in [0.1, 0.15) is 0 Å². The van der Waals surface area contributed by atoms with Gasteiger partial charge in [0.2, 0.25) is 5.91 Å². The van der Waals surface area contributed by atoms with E-state index in [1.54, 1.807) is 7.11 Å². The minimum absolute atomic E-state index is 0.00493. The SMILES string of the molecule is COc1cc(CNC(=O)CSc2ccccc2)ccc1OC(C)C. The molecule has 4 nitrogen and oxygen atoms in total. The van der Waals surface area contributed by atoms with Crippen LogP contribution in [0.4, 0.5) is 0 Å². The number of nitrogens with one attached hydrogen (secondary N) is 1. The maximum Gasteiger partial charge on any atom is 0.230 e. The van der Waals surface area contributed by atoms with Crippen molar-refractivity contribution in [1.29, 1.82) is 0 Å². The van der Waals surface area contributed by atoms with Crippen molar-refractivity contribution >= 4 is 17.7 Å². The number of ether oxygens (including phenoxy) is 2. The summed E-state index contributed by atoms with van der Waals surface area (Å²) in [5.74, 6) is 1.79. The molecule has 5 heteroatoms. The smallest absolute Gasteiger partial charge is 0.230 e. The molecule has 2 rings (SSSR count). The third kappa shape index (κ3) is 5.81. The molecular weight excluding hydrogens is 322 g/mol. The second kappa shape index (κ2) is 9.23. The van der Waals surface area contributed by atoms with E-state index in [4.69, 9.17) is 9.47 Å². The zero-order valence-corrected chi connectivity index (χ0v) is 15.1. The van der Waals surface area contributed by atoms with E-state index >= 15 is 0 Å². The number of benzene rings is 2. The van der Waals surface area contributed by atoms with Gasteiger partial charge in [-0.1, -0.05) is 24.3 Å². The van der Waals surface area contributed by atoms with Gasteiger partial charge >= 0.3 is 0 Å². The number of hydrogen-bond donors (Lipinski definition) is 1. The minimum atomic E-state index is 0.00493. The van der Waals surface area contributed by atoms with Crippen LogP contribution in [0.1, 0.15) is 19.4 Å². The molecule has 0 unspecified atom stereocenters. The van der Waals surface area contributed by atoms with E-state index < -0.39 is 0 Å². The minimum Gasteiger partial charge on any atom is -0.493 e. The van der Waals surface area contributed by atoms with Crippen LogP contribution in [0.3, 0.4) is 0 Å². The van der Waals surface area contributed by atoms with Crippen molar-refractivity contribution in [2.75, 3.05) is 12.9 Å². The van der Waals surface area contributed by atoms with E-state index in [9.17, 15) is 4.79 Å². The zero-order valence-electron chi connectivity index (χ0n) is 14.2. The number of hydrogen-bond acceptors (Lipinski definition) is 4. The summed E-state index contributed by atoms with van der Waals surface area (Å²) in [5.41, 5.74) is 0.973. The first-order chi connectivity index (χ1) is 11.6. The molecule has 0 aliphatic heterocycles. The summed E-state index contributed by atoms with van der Waals surface area (Å²) in [4.78, 5) is 13.1. The summed E-state index contributed by atoms with van der Waals surface area (Å²) in [6.45, 7) is 4.41. The van der Waals surface area contributed by atoms with Gasteiger partial charge in [0.05, 0.1) is 19.0 Å². The first-order valence-electron chi connectivity index (χ1n) is 7.86. The Balaban J connectivity index is 1.86. The van der Waals surface area contributed by atoms with Gasteiger partial charge in [0.25, 0.3) is 0 Å². The molecule has 0 heterocycles. The second-order valence-corrected chi connectivity index (χ2v) is 6.58. The van der Waals surface area contributed by atoms with Crippen molar-refractivity contribution in [3.63, 3.8) is 0 Å². The Hall–Kier alpha value is -2.14. The van der Waals surface area contributed by atoms with Crippen molar-refractivity contribution in [1.82, 2.24) is 5.32 Å². The summed E-state index contributed by atoms with van der Waals surface area (Å²) >= 11 is 1.52. The fraction of sp³-hybridized carbons (Fsp3) is 0.316. The number of amides is 1. The van der Waals surface area contributed by atoms with Crippen LogP contribution in [0.2, 0.25) is 0 Å². The van der Waals surface area contributed by atoms with E-state index in [0.717, 1.165) is 10.5 Å². The van der Waals surface area contributed by atoms with E-state index in [1.807, 2.05) is 62.4 Å².